The minimum atomic E-state index is -4.12. The number of aromatic nitrogens is 2. The largest absolute Gasteiger partial charge is 0.389 e. The Kier molecular flexibility index (Phi) is 4.97. The number of rotatable bonds is 5. The van der Waals surface area contributed by atoms with Gasteiger partial charge in [-0.15, -0.1) is 0 Å². The van der Waals surface area contributed by atoms with Crippen LogP contribution in [-0.4, -0.2) is 22.7 Å². The molecule has 0 radical (unpaired) electrons. The van der Waals surface area contributed by atoms with Crippen molar-refractivity contribution in [3.63, 3.8) is 0 Å². The van der Waals surface area contributed by atoms with Gasteiger partial charge in [0.1, 0.15) is 17.5 Å². The van der Waals surface area contributed by atoms with Gasteiger partial charge >= 0.3 is 6.18 Å². The SMILES string of the molecule is Cc1c(N)nc(C(C)C)nc1NCCCC(F)(F)F. The van der Waals surface area contributed by atoms with Crippen LogP contribution in [0, 0.1) is 6.92 Å². The maximum Gasteiger partial charge on any atom is 0.389 e. The maximum absolute atomic E-state index is 12.0. The lowest BCUT2D eigenvalue weighted by Crippen LogP contribution is -2.14. The van der Waals surface area contributed by atoms with Crippen LogP contribution in [-0.2, 0) is 0 Å². The van der Waals surface area contributed by atoms with Gasteiger partial charge in [-0.2, -0.15) is 13.2 Å². The van der Waals surface area contributed by atoms with Crippen molar-refractivity contribution in [1.29, 1.82) is 0 Å². The molecule has 0 saturated heterocycles. The van der Waals surface area contributed by atoms with Crippen LogP contribution < -0.4 is 11.1 Å². The van der Waals surface area contributed by atoms with Crippen molar-refractivity contribution in [1.82, 2.24) is 9.97 Å². The van der Waals surface area contributed by atoms with Crippen molar-refractivity contribution in [3.8, 4) is 0 Å². The zero-order valence-electron chi connectivity index (χ0n) is 11.3. The molecule has 0 aliphatic heterocycles. The summed E-state index contributed by atoms with van der Waals surface area (Å²) in [6.45, 7) is 5.80. The maximum atomic E-state index is 12.0. The fraction of sp³-hybridized carbons (Fsp3) is 0.667. The third-order valence-corrected chi connectivity index (χ3v) is 2.65. The summed E-state index contributed by atoms with van der Waals surface area (Å²) in [7, 11) is 0. The molecule has 0 unspecified atom stereocenters. The highest BCUT2D eigenvalue weighted by Crippen LogP contribution is 2.23. The molecule has 1 aromatic rings. The van der Waals surface area contributed by atoms with Gasteiger partial charge in [0, 0.05) is 24.4 Å². The lowest BCUT2D eigenvalue weighted by Gasteiger charge is -2.13. The number of alkyl halides is 3. The highest BCUT2D eigenvalue weighted by atomic mass is 19.4. The third kappa shape index (κ3) is 4.92. The summed E-state index contributed by atoms with van der Waals surface area (Å²) in [5, 5.41) is 2.89. The van der Waals surface area contributed by atoms with E-state index in [1.165, 1.54) is 0 Å². The van der Waals surface area contributed by atoms with Crippen molar-refractivity contribution in [2.24, 2.45) is 0 Å². The molecule has 0 fully saturated rings. The smallest absolute Gasteiger partial charge is 0.383 e. The molecule has 0 saturated carbocycles. The molecule has 108 valence electrons. The van der Waals surface area contributed by atoms with Gasteiger partial charge in [0.25, 0.3) is 0 Å². The number of anilines is 2. The van der Waals surface area contributed by atoms with Crippen LogP contribution >= 0.6 is 0 Å². The van der Waals surface area contributed by atoms with Gasteiger partial charge in [0.05, 0.1) is 0 Å². The second-order valence-corrected chi connectivity index (χ2v) is 4.74. The first-order chi connectivity index (χ1) is 8.70. The Morgan fingerprint density at radius 2 is 1.89 bits per heavy atom. The fourth-order valence-corrected chi connectivity index (χ4v) is 1.48. The van der Waals surface area contributed by atoms with Crippen molar-refractivity contribution in [3.05, 3.63) is 11.4 Å². The summed E-state index contributed by atoms with van der Waals surface area (Å²) >= 11 is 0. The average Bonchev–Trinajstić information content (AvgIpc) is 2.27. The van der Waals surface area contributed by atoms with Gasteiger partial charge in [-0.05, 0) is 13.3 Å². The highest BCUT2D eigenvalue weighted by Gasteiger charge is 2.25. The van der Waals surface area contributed by atoms with E-state index in [2.05, 4.69) is 15.3 Å². The zero-order valence-corrected chi connectivity index (χ0v) is 11.3. The summed E-state index contributed by atoms with van der Waals surface area (Å²) < 4.78 is 36.1. The molecule has 1 heterocycles. The van der Waals surface area contributed by atoms with Gasteiger partial charge in [-0.3, -0.25) is 0 Å². The molecule has 0 aliphatic carbocycles. The molecule has 0 aliphatic rings. The van der Waals surface area contributed by atoms with Crippen LogP contribution in [0.1, 0.15) is 44.0 Å². The predicted molar refractivity (Wildman–Crippen MR) is 69.0 cm³/mol. The predicted octanol–water partition coefficient (Wildman–Crippen LogP) is 3.25. The first-order valence-electron chi connectivity index (χ1n) is 6.15. The summed E-state index contributed by atoms with van der Waals surface area (Å²) in [5.74, 6) is 1.57. The van der Waals surface area contributed by atoms with Crippen LogP contribution in [0.4, 0.5) is 24.8 Å². The fourth-order valence-electron chi connectivity index (χ4n) is 1.48. The molecule has 3 N–H and O–H groups in total. The number of nitrogen functional groups attached to an aromatic ring is 1. The van der Waals surface area contributed by atoms with E-state index >= 15 is 0 Å². The zero-order chi connectivity index (χ0) is 14.6. The average molecular weight is 276 g/mol. The number of halogens is 3. The highest BCUT2D eigenvalue weighted by molar-refractivity contribution is 5.54. The molecule has 0 amide bonds. The third-order valence-electron chi connectivity index (χ3n) is 2.65. The van der Waals surface area contributed by atoms with E-state index in [0.29, 0.717) is 23.0 Å². The molecule has 1 aromatic heterocycles. The van der Waals surface area contributed by atoms with Crippen LogP contribution in [0.5, 0.6) is 0 Å². The van der Waals surface area contributed by atoms with Gasteiger partial charge in [-0.25, -0.2) is 9.97 Å². The van der Waals surface area contributed by atoms with E-state index in [0.717, 1.165) is 0 Å². The Morgan fingerprint density at radius 3 is 2.42 bits per heavy atom. The van der Waals surface area contributed by atoms with Crippen molar-refractivity contribution >= 4 is 11.6 Å². The van der Waals surface area contributed by atoms with E-state index < -0.39 is 12.6 Å². The molecular formula is C12H19F3N4. The lowest BCUT2D eigenvalue weighted by molar-refractivity contribution is -0.134. The van der Waals surface area contributed by atoms with Crippen molar-refractivity contribution < 1.29 is 13.2 Å². The molecule has 0 spiro atoms. The van der Waals surface area contributed by atoms with Crippen molar-refractivity contribution in [2.75, 3.05) is 17.6 Å². The summed E-state index contributed by atoms with van der Waals surface area (Å²) in [5.41, 5.74) is 6.42. The van der Waals surface area contributed by atoms with Crippen molar-refractivity contribution in [2.45, 2.75) is 45.7 Å². The standard InChI is InChI=1S/C12H19F3N4/c1-7(2)10-18-9(16)8(3)11(19-10)17-6-4-5-12(13,14)15/h7H,4-6H2,1-3H3,(H3,16,17,18,19). The molecule has 4 nitrogen and oxygen atoms in total. The van der Waals surface area contributed by atoms with E-state index in [-0.39, 0.29) is 18.9 Å². The van der Waals surface area contributed by atoms with Crippen LogP contribution in [0.15, 0.2) is 0 Å². The van der Waals surface area contributed by atoms with Crippen LogP contribution in [0.3, 0.4) is 0 Å². The van der Waals surface area contributed by atoms with Gasteiger partial charge < -0.3 is 11.1 Å². The molecular weight excluding hydrogens is 257 g/mol. The number of nitrogens with two attached hydrogens (primary N) is 1. The first kappa shape index (κ1) is 15.5. The summed E-state index contributed by atoms with van der Waals surface area (Å²) in [4.78, 5) is 8.43. The Hall–Kier alpha value is -1.53. The minimum Gasteiger partial charge on any atom is -0.383 e. The summed E-state index contributed by atoms with van der Waals surface area (Å²) in [6, 6.07) is 0. The second-order valence-electron chi connectivity index (χ2n) is 4.74. The number of nitrogens with zero attached hydrogens (tertiary/aromatic N) is 2. The second kappa shape index (κ2) is 6.08. The quantitative estimate of drug-likeness (QED) is 0.810. The normalized spacial score (nSPS) is 11.9. The van der Waals surface area contributed by atoms with Gasteiger partial charge in [0.15, 0.2) is 0 Å². The Bertz CT molecular complexity index is 430. The molecule has 0 aromatic carbocycles. The minimum absolute atomic E-state index is 0.00383. The number of hydrogen-bond donors (Lipinski definition) is 2. The molecule has 0 bridgehead atoms. The van der Waals surface area contributed by atoms with Crippen LogP contribution in [0.25, 0.3) is 0 Å². The monoisotopic (exact) mass is 276 g/mol. The number of hydrogen-bond acceptors (Lipinski definition) is 4. The summed E-state index contributed by atoms with van der Waals surface area (Å²) in [6.07, 6.45) is -4.93. The topological polar surface area (TPSA) is 63.8 Å². The first-order valence-corrected chi connectivity index (χ1v) is 6.15. The van der Waals surface area contributed by atoms with Gasteiger partial charge in [-0.1, -0.05) is 13.8 Å². The Labute approximate surface area is 110 Å². The van der Waals surface area contributed by atoms with Crippen LogP contribution in [0.2, 0.25) is 0 Å². The van der Waals surface area contributed by atoms with Gasteiger partial charge in [0.2, 0.25) is 0 Å². The molecule has 0 atom stereocenters. The Morgan fingerprint density at radius 1 is 1.26 bits per heavy atom. The molecule has 7 heteroatoms. The van der Waals surface area contributed by atoms with E-state index in [4.69, 9.17) is 5.73 Å². The van der Waals surface area contributed by atoms with E-state index in [1.54, 1.807) is 6.92 Å². The van der Waals surface area contributed by atoms with E-state index in [9.17, 15) is 13.2 Å². The van der Waals surface area contributed by atoms with E-state index in [1.807, 2.05) is 13.8 Å². The number of nitrogens with one attached hydrogen (secondary N) is 1. The Balaban J connectivity index is 2.67. The molecule has 19 heavy (non-hydrogen) atoms. The lowest BCUT2D eigenvalue weighted by atomic mass is 10.2. The molecule has 1 rings (SSSR count).